The Kier molecular flexibility index (Phi) is 1.86. The van der Waals surface area contributed by atoms with Crippen molar-refractivity contribution in [3.8, 4) is 0 Å². The van der Waals surface area contributed by atoms with E-state index in [0.29, 0.717) is 0 Å². The molecule has 44 valence electrons. The molecular weight excluding hydrogens is 154 g/mol. The van der Waals surface area contributed by atoms with Crippen LogP contribution in [-0.2, 0) is 0 Å². The van der Waals surface area contributed by atoms with E-state index in [4.69, 9.17) is 5.73 Å². The molecule has 0 aliphatic heterocycles. The van der Waals surface area contributed by atoms with E-state index in [1.54, 1.807) is 0 Å². The summed E-state index contributed by atoms with van der Waals surface area (Å²) in [6.45, 7) is 4.28. The van der Waals surface area contributed by atoms with E-state index >= 15 is 0 Å². The number of hydrogen-bond acceptors (Lipinski definition) is 1. The van der Waals surface area contributed by atoms with Crippen LogP contribution in [0.1, 0.15) is 20.3 Å². The zero-order valence-corrected chi connectivity index (χ0v) is 6.48. The van der Waals surface area contributed by atoms with Crippen molar-refractivity contribution in [2.24, 2.45) is 11.7 Å². The fourth-order valence-electron chi connectivity index (χ4n) is 0.601. The zero-order chi connectivity index (χ0) is 4.78. The molecule has 2 atom stereocenters. The maximum absolute atomic E-state index is 5.61. The number of rotatable bonds is 0. The van der Waals surface area contributed by atoms with Crippen molar-refractivity contribution in [1.82, 2.24) is 0 Å². The van der Waals surface area contributed by atoms with Crippen LogP contribution in [0, 0.1) is 5.92 Å². The molecule has 0 amide bonds. The molecule has 1 aliphatic carbocycles. The lowest BCUT2D eigenvalue weighted by atomic mass is 10.3. The first-order valence-electron chi connectivity index (χ1n) is 2.42. The van der Waals surface area contributed by atoms with Gasteiger partial charge < -0.3 is 5.73 Å². The summed E-state index contributed by atoms with van der Waals surface area (Å²) in [6.07, 6.45) is 1.22. The minimum absolute atomic E-state index is 0. The van der Waals surface area contributed by atoms with Gasteiger partial charge in [-0.1, -0.05) is 6.92 Å². The van der Waals surface area contributed by atoms with Crippen LogP contribution in [0.25, 0.3) is 0 Å². The Morgan fingerprint density at radius 3 is 1.86 bits per heavy atom. The van der Waals surface area contributed by atoms with Crippen LogP contribution in [0.3, 0.4) is 0 Å². The summed E-state index contributed by atoms with van der Waals surface area (Å²) >= 11 is 0. The van der Waals surface area contributed by atoms with Crippen LogP contribution in [-0.4, -0.2) is 5.54 Å². The fraction of sp³-hybridized carbons (Fsp3) is 1.00. The van der Waals surface area contributed by atoms with Crippen LogP contribution in [0.2, 0.25) is 0 Å². The molecule has 2 heteroatoms. The van der Waals surface area contributed by atoms with Gasteiger partial charge in [-0.2, -0.15) is 0 Å². The maximum Gasteiger partial charge on any atom is 0.0155 e. The Morgan fingerprint density at radius 1 is 1.71 bits per heavy atom. The van der Waals surface area contributed by atoms with E-state index in [1.165, 1.54) is 6.42 Å². The van der Waals surface area contributed by atoms with Gasteiger partial charge in [0, 0.05) is 5.54 Å². The van der Waals surface area contributed by atoms with Gasteiger partial charge in [-0.25, -0.2) is 0 Å². The minimum atomic E-state index is 0. The molecule has 1 aliphatic rings. The van der Waals surface area contributed by atoms with E-state index in [0.717, 1.165) is 5.92 Å². The number of hydrogen-bond donors (Lipinski definition) is 1. The first-order valence-corrected chi connectivity index (χ1v) is 2.42. The van der Waals surface area contributed by atoms with Gasteiger partial charge in [-0.3, -0.25) is 0 Å². The highest BCUT2D eigenvalue weighted by Gasteiger charge is 2.42. The highest BCUT2D eigenvalue weighted by atomic mass is 79.9. The van der Waals surface area contributed by atoms with Crippen molar-refractivity contribution in [1.29, 1.82) is 0 Å². The van der Waals surface area contributed by atoms with Gasteiger partial charge in [0.2, 0.25) is 0 Å². The average Bonchev–Trinajstić information content (AvgIpc) is 1.73. The summed E-state index contributed by atoms with van der Waals surface area (Å²) in [7, 11) is 0. The molecule has 1 saturated carbocycles. The predicted molar refractivity (Wildman–Crippen MR) is 36.7 cm³/mol. The third-order valence-electron chi connectivity index (χ3n) is 1.71. The topological polar surface area (TPSA) is 26.0 Å². The lowest BCUT2D eigenvalue weighted by Crippen LogP contribution is -2.18. The second-order valence-corrected chi connectivity index (χ2v) is 2.61. The van der Waals surface area contributed by atoms with Crippen molar-refractivity contribution < 1.29 is 0 Å². The first kappa shape index (κ1) is 7.44. The van der Waals surface area contributed by atoms with Crippen molar-refractivity contribution in [2.45, 2.75) is 25.8 Å². The van der Waals surface area contributed by atoms with E-state index in [-0.39, 0.29) is 22.5 Å². The molecule has 0 bridgehead atoms. The van der Waals surface area contributed by atoms with E-state index in [9.17, 15) is 0 Å². The third kappa shape index (κ3) is 1.42. The molecule has 1 fully saturated rings. The lowest BCUT2D eigenvalue weighted by molar-refractivity contribution is 0.686. The Bertz CT molecular complexity index is 70.5. The average molecular weight is 166 g/mol. The van der Waals surface area contributed by atoms with Gasteiger partial charge in [0.15, 0.2) is 0 Å². The second-order valence-electron chi connectivity index (χ2n) is 2.61. The third-order valence-corrected chi connectivity index (χ3v) is 1.71. The highest BCUT2D eigenvalue weighted by Crippen LogP contribution is 2.39. The molecule has 0 spiro atoms. The zero-order valence-electron chi connectivity index (χ0n) is 4.77. The van der Waals surface area contributed by atoms with Crippen LogP contribution in [0.4, 0.5) is 0 Å². The first-order chi connectivity index (χ1) is 2.63. The molecule has 2 N–H and O–H groups in total. The van der Waals surface area contributed by atoms with Crippen molar-refractivity contribution in [3.05, 3.63) is 0 Å². The monoisotopic (exact) mass is 165 g/mol. The SMILES string of the molecule is Br.CC1CC1(C)N. The largest absolute Gasteiger partial charge is 0.325 e. The van der Waals surface area contributed by atoms with Crippen LogP contribution in [0.5, 0.6) is 0 Å². The molecule has 0 aromatic rings. The van der Waals surface area contributed by atoms with E-state index < -0.39 is 0 Å². The summed E-state index contributed by atoms with van der Waals surface area (Å²) in [6, 6.07) is 0. The van der Waals surface area contributed by atoms with Crippen LogP contribution in [0.15, 0.2) is 0 Å². The van der Waals surface area contributed by atoms with Gasteiger partial charge >= 0.3 is 0 Å². The van der Waals surface area contributed by atoms with Crippen molar-refractivity contribution in [3.63, 3.8) is 0 Å². The maximum atomic E-state index is 5.61. The number of nitrogens with two attached hydrogens (primary N) is 1. The molecule has 0 saturated heterocycles. The molecule has 0 aromatic carbocycles. The van der Waals surface area contributed by atoms with Gasteiger partial charge in [0.05, 0.1) is 0 Å². The molecule has 0 radical (unpaired) electrons. The van der Waals surface area contributed by atoms with Crippen molar-refractivity contribution >= 4 is 17.0 Å². The summed E-state index contributed by atoms with van der Waals surface area (Å²) < 4.78 is 0. The standard InChI is InChI=1S/C5H11N.BrH/c1-4-3-5(4,2)6;/h4H,3,6H2,1-2H3;1H. The smallest absolute Gasteiger partial charge is 0.0155 e. The van der Waals surface area contributed by atoms with Crippen molar-refractivity contribution in [2.75, 3.05) is 0 Å². The normalized spacial score (nSPS) is 47.6. The van der Waals surface area contributed by atoms with Gasteiger partial charge in [-0.05, 0) is 19.3 Å². The summed E-state index contributed by atoms with van der Waals surface area (Å²) in [5.41, 5.74) is 5.82. The lowest BCUT2D eigenvalue weighted by Gasteiger charge is -1.93. The van der Waals surface area contributed by atoms with Gasteiger partial charge in [-0.15, -0.1) is 17.0 Å². The number of halogens is 1. The highest BCUT2D eigenvalue weighted by molar-refractivity contribution is 8.93. The summed E-state index contributed by atoms with van der Waals surface area (Å²) in [4.78, 5) is 0. The van der Waals surface area contributed by atoms with Gasteiger partial charge in [0.1, 0.15) is 0 Å². The van der Waals surface area contributed by atoms with E-state index in [2.05, 4.69) is 13.8 Å². The second kappa shape index (κ2) is 1.75. The van der Waals surface area contributed by atoms with Gasteiger partial charge in [0.25, 0.3) is 0 Å². The molecule has 1 rings (SSSR count). The predicted octanol–water partition coefficient (Wildman–Crippen LogP) is 1.32. The van der Waals surface area contributed by atoms with E-state index in [1.807, 2.05) is 0 Å². The molecule has 0 aromatic heterocycles. The molecular formula is C5H12BrN. The Hall–Kier alpha value is 0.440. The molecule has 2 unspecified atom stereocenters. The summed E-state index contributed by atoms with van der Waals surface area (Å²) in [5, 5.41) is 0. The van der Waals surface area contributed by atoms with Crippen LogP contribution >= 0.6 is 17.0 Å². The Labute approximate surface area is 55.0 Å². The summed E-state index contributed by atoms with van der Waals surface area (Å²) in [5.74, 6) is 0.775. The quantitative estimate of drug-likeness (QED) is 0.577. The Morgan fingerprint density at radius 2 is 1.86 bits per heavy atom. The minimum Gasteiger partial charge on any atom is -0.325 e. The fourth-order valence-corrected chi connectivity index (χ4v) is 0.601. The molecule has 7 heavy (non-hydrogen) atoms. The molecule has 1 nitrogen and oxygen atoms in total. The van der Waals surface area contributed by atoms with Crippen LogP contribution < -0.4 is 5.73 Å². The Balaban J connectivity index is 0.000000360. The molecule has 0 heterocycles.